The highest BCUT2D eigenvalue weighted by Gasteiger charge is 2.08. The van der Waals surface area contributed by atoms with Crippen LogP contribution in [0.15, 0.2) is 45.7 Å². The molecule has 17 heavy (non-hydrogen) atoms. The van der Waals surface area contributed by atoms with Gasteiger partial charge in [0.05, 0.1) is 3.57 Å². The normalized spacial score (nSPS) is 10.9. The van der Waals surface area contributed by atoms with Gasteiger partial charge in [0.25, 0.3) is 5.56 Å². The molecule has 84 valence electrons. The number of H-pyrrole nitrogens is 1. The van der Waals surface area contributed by atoms with Crippen molar-refractivity contribution in [2.75, 3.05) is 0 Å². The molecular weight excluding hydrogens is 331 g/mol. The van der Waals surface area contributed by atoms with Crippen LogP contribution in [0, 0.1) is 3.57 Å². The molecule has 0 saturated carbocycles. The standard InChI is InChI=1S/C12H7IN2O2/c13-8-6-14-11(15-12(8)16)10-5-7-3-1-2-4-9(7)17-10/h1-6H,(H,14,15,16). The number of benzene rings is 1. The van der Waals surface area contributed by atoms with Crippen LogP contribution in [-0.2, 0) is 0 Å². The molecule has 0 unspecified atom stereocenters. The van der Waals surface area contributed by atoms with E-state index in [2.05, 4.69) is 9.97 Å². The van der Waals surface area contributed by atoms with Gasteiger partial charge < -0.3 is 9.40 Å². The Bertz CT molecular complexity index is 712. The molecule has 0 amide bonds. The smallest absolute Gasteiger partial charge is 0.264 e. The van der Waals surface area contributed by atoms with Crippen LogP contribution < -0.4 is 5.56 Å². The van der Waals surface area contributed by atoms with E-state index < -0.39 is 0 Å². The number of nitrogens with zero attached hydrogens (tertiary/aromatic N) is 1. The van der Waals surface area contributed by atoms with Gasteiger partial charge in [0.2, 0.25) is 0 Å². The zero-order chi connectivity index (χ0) is 11.8. The zero-order valence-electron chi connectivity index (χ0n) is 8.61. The van der Waals surface area contributed by atoms with Crippen LogP contribution in [0.5, 0.6) is 0 Å². The number of hydrogen-bond donors (Lipinski definition) is 1. The minimum absolute atomic E-state index is 0.156. The first-order valence-corrected chi connectivity index (χ1v) is 6.06. The Labute approximate surface area is 110 Å². The average Bonchev–Trinajstić information content (AvgIpc) is 2.76. The molecule has 4 nitrogen and oxygen atoms in total. The predicted octanol–water partition coefficient (Wildman–Crippen LogP) is 2.79. The van der Waals surface area contributed by atoms with Gasteiger partial charge in [0.1, 0.15) is 5.58 Å². The number of aromatic nitrogens is 2. The summed E-state index contributed by atoms with van der Waals surface area (Å²) in [5.74, 6) is 1.02. The maximum atomic E-state index is 11.5. The molecule has 2 heterocycles. The second-order valence-corrected chi connectivity index (χ2v) is 4.72. The number of halogens is 1. The van der Waals surface area contributed by atoms with Gasteiger partial charge in [-0.1, -0.05) is 18.2 Å². The van der Waals surface area contributed by atoms with Crippen molar-refractivity contribution < 1.29 is 4.42 Å². The van der Waals surface area contributed by atoms with Gasteiger partial charge in [-0.3, -0.25) is 4.79 Å². The average molecular weight is 338 g/mol. The molecule has 0 fully saturated rings. The number of rotatable bonds is 1. The largest absolute Gasteiger partial charge is 0.453 e. The minimum atomic E-state index is -0.156. The fourth-order valence-corrected chi connectivity index (χ4v) is 1.88. The van der Waals surface area contributed by atoms with Crippen molar-refractivity contribution >= 4 is 33.6 Å². The molecule has 3 aromatic rings. The summed E-state index contributed by atoms with van der Waals surface area (Å²) >= 11 is 1.94. The van der Waals surface area contributed by atoms with Gasteiger partial charge in [-0.2, -0.15) is 0 Å². The number of nitrogens with one attached hydrogen (secondary N) is 1. The topological polar surface area (TPSA) is 58.9 Å². The Balaban J connectivity index is 2.20. The van der Waals surface area contributed by atoms with E-state index in [0.29, 0.717) is 15.2 Å². The minimum Gasteiger partial charge on any atom is -0.453 e. The van der Waals surface area contributed by atoms with Crippen molar-refractivity contribution in [3.63, 3.8) is 0 Å². The summed E-state index contributed by atoms with van der Waals surface area (Å²) in [5.41, 5.74) is 0.625. The van der Waals surface area contributed by atoms with Gasteiger partial charge in [-0.25, -0.2) is 4.98 Å². The first kappa shape index (κ1) is 10.5. The van der Waals surface area contributed by atoms with Crippen LogP contribution in [0.4, 0.5) is 0 Å². The quantitative estimate of drug-likeness (QED) is 0.694. The fraction of sp³-hybridized carbons (Fsp3) is 0. The maximum absolute atomic E-state index is 11.5. The van der Waals surface area contributed by atoms with Crippen LogP contribution in [0.25, 0.3) is 22.6 Å². The van der Waals surface area contributed by atoms with Crippen LogP contribution >= 0.6 is 22.6 Å². The highest BCUT2D eigenvalue weighted by Crippen LogP contribution is 2.24. The molecule has 1 N–H and O–H groups in total. The third kappa shape index (κ3) is 1.86. The highest BCUT2D eigenvalue weighted by molar-refractivity contribution is 14.1. The molecule has 0 bridgehead atoms. The van der Waals surface area contributed by atoms with Crippen molar-refractivity contribution in [3.8, 4) is 11.6 Å². The predicted molar refractivity (Wildman–Crippen MR) is 72.8 cm³/mol. The number of furan rings is 1. The molecule has 2 aromatic heterocycles. The summed E-state index contributed by atoms with van der Waals surface area (Å²) in [6, 6.07) is 9.53. The van der Waals surface area contributed by atoms with E-state index in [1.54, 1.807) is 0 Å². The molecule has 0 spiro atoms. The van der Waals surface area contributed by atoms with Crippen LogP contribution in [-0.4, -0.2) is 9.97 Å². The number of para-hydroxylation sites is 1. The zero-order valence-corrected chi connectivity index (χ0v) is 10.8. The van der Waals surface area contributed by atoms with E-state index >= 15 is 0 Å². The lowest BCUT2D eigenvalue weighted by Gasteiger charge is -1.95. The van der Waals surface area contributed by atoms with Gasteiger partial charge in [-0.15, -0.1) is 0 Å². The lowest BCUT2D eigenvalue weighted by Crippen LogP contribution is -2.11. The van der Waals surface area contributed by atoms with Crippen molar-refractivity contribution in [2.24, 2.45) is 0 Å². The van der Waals surface area contributed by atoms with E-state index in [-0.39, 0.29) is 5.56 Å². The number of hydrogen-bond acceptors (Lipinski definition) is 3. The SMILES string of the molecule is O=c1[nH]c(-c2cc3ccccc3o2)ncc1I. The Kier molecular flexibility index (Phi) is 2.47. The third-order valence-corrected chi connectivity index (χ3v) is 3.18. The maximum Gasteiger partial charge on any atom is 0.264 e. The van der Waals surface area contributed by atoms with Gasteiger partial charge in [0.15, 0.2) is 11.6 Å². The summed E-state index contributed by atoms with van der Waals surface area (Å²) < 4.78 is 6.17. The van der Waals surface area contributed by atoms with Crippen LogP contribution in [0.3, 0.4) is 0 Å². The number of aromatic amines is 1. The Morgan fingerprint density at radius 3 is 2.88 bits per heavy atom. The second kappa shape index (κ2) is 3.99. The van der Waals surface area contributed by atoms with E-state index in [9.17, 15) is 4.79 Å². The Morgan fingerprint density at radius 1 is 1.29 bits per heavy atom. The molecule has 0 atom stereocenters. The van der Waals surface area contributed by atoms with E-state index in [4.69, 9.17) is 4.42 Å². The molecule has 5 heteroatoms. The summed E-state index contributed by atoms with van der Waals surface area (Å²) in [6.45, 7) is 0. The Morgan fingerprint density at radius 2 is 2.12 bits per heavy atom. The monoisotopic (exact) mass is 338 g/mol. The molecule has 0 aliphatic rings. The van der Waals surface area contributed by atoms with E-state index in [1.807, 2.05) is 52.9 Å². The lowest BCUT2D eigenvalue weighted by atomic mass is 10.2. The molecule has 1 aromatic carbocycles. The highest BCUT2D eigenvalue weighted by atomic mass is 127. The third-order valence-electron chi connectivity index (χ3n) is 2.41. The van der Waals surface area contributed by atoms with E-state index in [0.717, 1.165) is 11.0 Å². The van der Waals surface area contributed by atoms with Crippen LogP contribution in [0.2, 0.25) is 0 Å². The van der Waals surface area contributed by atoms with Crippen molar-refractivity contribution in [2.45, 2.75) is 0 Å². The Hall–Kier alpha value is -1.63. The summed E-state index contributed by atoms with van der Waals surface area (Å²) in [6.07, 6.45) is 1.53. The van der Waals surface area contributed by atoms with Gasteiger partial charge >= 0.3 is 0 Å². The van der Waals surface area contributed by atoms with E-state index in [1.165, 1.54) is 6.20 Å². The summed E-state index contributed by atoms with van der Waals surface area (Å²) in [7, 11) is 0. The first-order valence-electron chi connectivity index (χ1n) is 4.98. The molecule has 0 radical (unpaired) electrons. The van der Waals surface area contributed by atoms with Crippen molar-refractivity contribution in [3.05, 3.63) is 50.5 Å². The van der Waals surface area contributed by atoms with Crippen molar-refractivity contribution in [1.82, 2.24) is 9.97 Å². The molecule has 0 aliphatic heterocycles. The fourth-order valence-electron chi connectivity index (χ4n) is 1.60. The second-order valence-electron chi connectivity index (χ2n) is 3.56. The molecule has 0 aliphatic carbocycles. The first-order chi connectivity index (χ1) is 8.24. The van der Waals surface area contributed by atoms with Crippen LogP contribution in [0.1, 0.15) is 0 Å². The van der Waals surface area contributed by atoms with Crippen molar-refractivity contribution in [1.29, 1.82) is 0 Å². The molecule has 3 rings (SSSR count). The summed E-state index contributed by atoms with van der Waals surface area (Å²) in [4.78, 5) is 18.3. The summed E-state index contributed by atoms with van der Waals surface area (Å²) in [5, 5.41) is 0.990. The lowest BCUT2D eigenvalue weighted by molar-refractivity contribution is 0.624. The van der Waals surface area contributed by atoms with Gasteiger partial charge in [-0.05, 0) is 34.7 Å². The molecular formula is C12H7IN2O2. The van der Waals surface area contributed by atoms with Gasteiger partial charge in [0, 0.05) is 11.6 Å². The molecule has 0 saturated heterocycles. The number of fused-ring (bicyclic) bond motifs is 1.